The maximum absolute atomic E-state index is 5.20. The number of rotatable bonds is 5. The Morgan fingerprint density at radius 2 is 2.29 bits per heavy atom. The second-order valence-electron chi connectivity index (χ2n) is 3.71. The molecule has 6 heteroatoms. The first-order valence-electron chi connectivity index (χ1n) is 5.44. The minimum absolute atomic E-state index is 0.150. The van der Waals surface area contributed by atoms with Crippen LogP contribution in [0.4, 0.5) is 11.8 Å². The molecule has 0 aliphatic carbocycles. The summed E-state index contributed by atoms with van der Waals surface area (Å²) in [6.07, 6.45) is 0.150. The molecule has 2 heterocycles. The van der Waals surface area contributed by atoms with E-state index >= 15 is 0 Å². The predicted molar refractivity (Wildman–Crippen MR) is 71.9 cm³/mol. The van der Waals surface area contributed by atoms with Gasteiger partial charge in [0.1, 0.15) is 10.6 Å². The molecule has 0 aromatic carbocycles. The summed E-state index contributed by atoms with van der Waals surface area (Å²) < 4.78 is 5.20. The number of hydrogen-bond donors (Lipinski definition) is 2. The average Bonchev–Trinajstić information content (AvgIpc) is 2.83. The quantitative estimate of drug-likeness (QED) is 0.854. The van der Waals surface area contributed by atoms with Gasteiger partial charge in [0.05, 0.1) is 11.5 Å². The number of aromatic nitrogens is 2. The summed E-state index contributed by atoms with van der Waals surface area (Å²) >= 11 is 1.61. The van der Waals surface area contributed by atoms with Gasteiger partial charge in [-0.25, -0.2) is 4.98 Å². The zero-order valence-electron chi connectivity index (χ0n) is 10.2. The number of thiophene rings is 1. The van der Waals surface area contributed by atoms with Crippen molar-refractivity contribution in [3.8, 4) is 0 Å². The molecular formula is C11H16N4OS. The van der Waals surface area contributed by atoms with Gasteiger partial charge < -0.3 is 15.4 Å². The summed E-state index contributed by atoms with van der Waals surface area (Å²) in [5, 5.41) is 9.32. The predicted octanol–water partition coefficient (Wildman–Crippen LogP) is 2.18. The van der Waals surface area contributed by atoms with Crippen molar-refractivity contribution in [1.29, 1.82) is 0 Å². The van der Waals surface area contributed by atoms with Crippen molar-refractivity contribution in [2.24, 2.45) is 0 Å². The molecule has 0 spiro atoms. The van der Waals surface area contributed by atoms with E-state index in [9.17, 15) is 0 Å². The van der Waals surface area contributed by atoms with Crippen molar-refractivity contribution < 1.29 is 4.74 Å². The fourth-order valence-corrected chi connectivity index (χ4v) is 2.19. The monoisotopic (exact) mass is 252 g/mol. The zero-order valence-corrected chi connectivity index (χ0v) is 11.0. The first kappa shape index (κ1) is 12.1. The maximum Gasteiger partial charge on any atom is 0.225 e. The number of anilines is 2. The van der Waals surface area contributed by atoms with E-state index in [2.05, 4.69) is 20.6 Å². The fourth-order valence-electron chi connectivity index (χ4n) is 1.43. The summed E-state index contributed by atoms with van der Waals surface area (Å²) in [5.41, 5.74) is 0. The normalized spacial score (nSPS) is 12.6. The van der Waals surface area contributed by atoms with Crippen molar-refractivity contribution in [2.45, 2.75) is 13.0 Å². The highest BCUT2D eigenvalue weighted by atomic mass is 32.1. The Labute approximate surface area is 104 Å². The Balaban J connectivity index is 2.27. The van der Waals surface area contributed by atoms with E-state index in [0.29, 0.717) is 5.95 Å². The molecule has 0 aliphatic rings. The van der Waals surface area contributed by atoms with E-state index in [4.69, 9.17) is 4.74 Å². The molecule has 92 valence electrons. The van der Waals surface area contributed by atoms with Crippen LogP contribution in [0.15, 0.2) is 11.4 Å². The third-order valence-electron chi connectivity index (χ3n) is 2.51. The highest BCUT2D eigenvalue weighted by Crippen LogP contribution is 2.26. The van der Waals surface area contributed by atoms with Crippen molar-refractivity contribution in [3.63, 3.8) is 0 Å². The fraction of sp³-hybridized carbons (Fsp3) is 0.455. The Bertz CT molecular complexity index is 499. The Kier molecular flexibility index (Phi) is 3.75. The lowest BCUT2D eigenvalue weighted by atomic mass is 10.3. The minimum atomic E-state index is 0.150. The van der Waals surface area contributed by atoms with Crippen LogP contribution in [0.1, 0.15) is 6.92 Å². The lowest BCUT2D eigenvalue weighted by Gasteiger charge is -2.12. The van der Waals surface area contributed by atoms with E-state index < -0.39 is 0 Å². The number of fused-ring (bicyclic) bond motifs is 1. The van der Waals surface area contributed by atoms with Crippen LogP contribution in [-0.2, 0) is 4.74 Å². The Morgan fingerprint density at radius 1 is 1.47 bits per heavy atom. The van der Waals surface area contributed by atoms with E-state index in [1.54, 1.807) is 18.4 Å². The van der Waals surface area contributed by atoms with Gasteiger partial charge in [0, 0.05) is 20.7 Å². The van der Waals surface area contributed by atoms with Gasteiger partial charge in [-0.3, -0.25) is 0 Å². The van der Waals surface area contributed by atoms with Crippen LogP contribution in [0, 0.1) is 0 Å². The van der Waals surface area contributed by atoms with Gasteiger partial charge in [-0.1, -0.05) is 0 Å². The third-order valence-corrected chi connectivity index (χ3v) is 3.31. The van der Waals surface area contributed by atoms with E-state index in [-0.39, 0.29) is 6.10 Å². The molecule has 2 aromatic rings. The second-order valence-corrected chi connectivity index (χ2v) is 4.61. The lowest BCUT2D eigenvalue weighted by Crippen LogP contribution is -2.19. The molecule has 2 rings (SSSR count). The van der Waals surface area contributed by atoms with Crippen molar-refractivity contribution in [3.05, 3.63) is 11.4 Å². The third kappa shape index (κ3) is 2.65. The number of nitrogens with one attached hydrogen (secondary N) is 2. The molecule has 1 atom stereocenters. The summed E-state index contributed by atoms with van der Waals surface area (Å²) in [6.45, 7) is 2.74. The topological polar surface area (TPSA) is 59.1 Å². The molecule has 0 radical (unpaired) electrons. The second kappa shape index (κ2) is 5.29. The molecule has 2 N–H and O–H groups in total. The average molecular weight is 252 g/mol. The van der Waals surface area contributed by atoms with Crippen LogP contribution in [0.3, 0.4) is 0 Å². The summed E-state index contributed by atoms with van der Waals surface area (Å²) in [6, 6.07) is 2.03. The van der Waals surface area contributed by atoms with Gasteiger partial charge in [0.15, 0.2) is 0 Å². The van der Waals surface area contributed by atoms with Gasteiger partial charge in [-0.05, 0) is 18.4 Å². The highest BCUT2D eigenvalue weighted by molar-refractivity contribution is 7.16. The van der Waals surface area contributed by atoms with Crippen LogP contribution in [0.2, 0.25) is 0 Å². The molecule has 5 nitrogen and oxygen atoms in total. The van der Waals surface area contributed by atoms with E-state index in [1.165, 1.54) is 0 Å². The van der Waals surface area contributed by atoms with Gasteiger partial charge in [0.2, 0.25) is 5.95 Å². The Hall–Kier alpha value is -1.40. The van der Waals surface area contributed by atoms with Crippen LogP contribution in [0.5, 0.6) is 0 Å². The lowest BCUT2D eigenvalue weighted by molar-refractivity contribution is 0.128. The number of ether oxygens (including phenoxy) is 1. The van der Waals surface area contributed by atoms with Crippen LogP contribution in [0.25, 0.3) is 10.2 Å². The standard InChI is InChI=1S/C11H16N4OS/c1-7(16-3)6-13-9-8-4-5-17-10(8)15-11(12-2)14-9/h4-5,7H,6H2,1-3H3,(H2,12,13,14,15). The molecular weight excluding hydrogens is 236 g/mol. The molecule has 0 bridgehead atoms. The summed E-state index contributed by atoms with van der Waals surface area (Å²) in [4.78, 5) is 9.79. The molecule has 0 saturated heterocycles. The van der Waals surface area contributed by atoms with Gasteiger partial charge in [-0.2, -0.15) is 4.98 Å². The van der Waals surface area contributed by atoms with Crippen molar-refractivity contribution in [1.82, 2.24) is 9.97 Å². The van der Waals surface area contributed by atoms with Gasteiger partial charge in [-0.15, -0.1) is 11.3 Å². The molecule has 17 heavy (non-hydrogen) atoms. The minimum Gasteiger partial charge on any atom is -0.380 e. The molecule has 0 fully saturated rings. The van der Waals surface area contributed by atoms with Crippen LogP contribution >= 0.6 is 11.3 Å². The Morgan fingerprint density at radius 3 is 3.00 bits per heavy atom. The zero-order chi connectivity index (χ0) is 12.3. The van der Waals surface area contributed by atoms with Crippen molar-refractivity contribution in [2.75, 3.05) is 31.3 Å². The first-order chi connectivity index (χ1) is 8.24. The first-order valence-corrected chi connectivity index (χ1v) is 6.32. The van der Waals surface area contributed by atoms with Crippen molar-refractivity contribution >= 4 is 33.3 Å². The molecule has 2 aromatic heterocycles. The molecule has 0 amide bonds. The SMILES string of the molecule is CNc1nc(NCC(C)OC)c2ccsc2n1. The smallest absolute Gasteiger partial charge is 0.225 e. The van der Waals surface area contributed by atoms with Gasteiger partial charge in [0.25, 0.3) is 0 Å². The maximum atomic E-state index is 5.20. The van der Waals surface area contributed by atoms with Crippen LogP contribution < -0.4 is 10.6 Å². The highest BCUT2D eigenvalue weighted by Gasteiger charge is 2.08. The largest absolute Gasteiger partial charge is 0.380 e. The molecule has 0 saturated carbocycles. The van der Waals surface area contributed by atoms with Crippen LogP contribution in [-0.4, -0.2) is 36.8 Å². The summed E-state index contributed by atoms with van der Waals surface area (Å²) in [5.74, 6) is 1.48. The molecule has 0 aliphatic heterocycles. The number of methoxy groups -OCH3 is 1. The summed E-state index contributed by atoms with van der Waals surface area (Å²) in [7, 11) is 3.52. The van der Waals surface area contributed by atoms with E-state index in [1.807, 2.05) is 25.4 Å². The van der Waals surface area contributed by atoms with E-state index in [0.717, 1.165) is 22.6 Å². The van der Waals surface area contributed by atoms with Gasteiger partial charge >= 0.3 is 0 Å². The number of hydrogen-bond acceptors (Lipinski definition) is 6. The number of nitrogens with zero attached hydrogens (tertiary/aromatic N) is 2. The molecule has 1 unspecified atom stereocenters.